The fraction of sp³-hybridized carbons (Fsp3) is 0.360. The van der Waals surface area contributed by atoms with Crippen molar-refractivity contribution in [1.29, 1.82) is 0 Å². The monoisotopic (exact) mass is 481 g/mol. The molecular formula is C25H24ClN3O5. The maximum atomic E-state index is 13.9. The van der Waals surface area contributed by atoms with Gasteiger partial charge < -0.3 is 10.4 Å². The summed E-state index contributed by atoms with van der Waals surface area (Å²) in [6.45, 7) is 3.62. The Morgan fingerprint density at radius 1 is 1.18 bits per heavy atom. The van der Waals surface area contributed by atoms with Gasteiger partial charge in [-0.3, -0.25) is 29.4 Å². The van der Waals surface area contributed by atoms with Gasteiger partial charge in [0.25, 0.3) is 0 Å². The Bertz CT molecular complexity index is 1230. The Balaban J connectivity index is 1.64. The smallest absolute Gasteiger partial charge is 0.303 e. The van der Waals surface area contributed by atoms with Crippen LogP contribution in [0.15, 0.2) is 42.5 Å². The molecule has 3 N–H and O–H groups in total. The van der Waals surface area contributed by atoms with Crippen LogP contribution in [0.2, 0.25) is 5.02 Å². The number of amides is 3. The molecular weight excluding hydrogens is 458 g/mol. The number of hydrogen-bond acceptors (Lipinski definition) is 5. The van der Waals surface area contributed by atoms with E-state index in [9.17, 15) is 24.3 Å². The summed E-state index contributed by atoms with van der Waals surface area (Å²) in [4.78, 5) is 53.7. The average molecular weight is 482 g/mol. The number of fused-ring (bicyclic) bond motifs is 4. The maximum Gasteiger partial charge on any atom is 0.303 e. The largest absolute Gasteiger partial charge is 0.481 e. The number of likely N-dealkylation sites (tertiary alicyclic amines) is 1. The van der Waals surface area contributed by atoms with Crippen molar-refractivity contribution in [1.82, 2.24) is 10.2 Å². The van der Waals surface area contributed by atoms with E-state index in [2.05, 4.69) is 10.6 Å². The number of hydrogen-bond donors (Lipinski definition) is 3. The van der Waals surface area contributed by atoms with Crippen LogP contribution in [0.25, 0.3) is 0 Å². The highest BCUT2D eigenvalue weighted by molar-refractivity contribution is 6.35. The number of imide groups is 1. The normalized spacial score (nSPS) is 28.3. The van der Waals surface area contributed by atoms with Crippen molar-refractivity contribution < 1.29 is 24.3 Å². The Kier molecular flexibility index (Phi) is 5.26. The van der Waals surface area contributed by atoms with Gasteiger partial charge in [-0.05, 0) is 37.5 Å². The van der Waals surface area contributed by atoms with Crippen molar-refractivity contribution >= 4 is 41.0 Å². The highest BCUT2D eigenvalue weighted by Gasteiger charge is 2.71. The van der Waals surface area contributed by atoms with Crippen molar-refractivity contribution in [2.24, 2.45) is 11.8 Å². The van der Waals surface area contributed by atoms with Crippen molar-refractivity contribution in [3.63, 3.8) is 0 Å². The minimum absolute atomic E-state index is 0.104. The zero-order chi connectivity index (χ0) is 24.4. The number of carboxylic acids is 1. The van der Waals surface area contributed by atoms with Crippen LogP contribution in [0.3, 0.4) is 0 Å². The van der Waals surface area contributed by atoms with E-state index < -0.39 is 53.1 Å². The number of aryl methyl sites for hydroxylation is 1. The average Bonchev–Trinajstić information content (AvgIpc) is 3.38. The summed E-state index contributed by atoms with van der Waals surface area (Å²) in [6.07, 6.45) is -0.0945. The van der Waals surface area contributed by atoms with E-state index >= 15 is 0 Å². The Morgan fingerprint density at radius 2 is 1.88 bits per heavy atom. The third kappa shape index (κ3) is 3.09. The summed E-state index contributed by atoms with van der Waals surface area (Å²) in [5.41, 5.74) is 1.03. The lowest BCUT2D eigenvalue weighted by Gasteiger charge is -2.31. The van der Waals surface area contributed by atoms with Gasteiger partial charge in [0.1, 0.15) is 5.54 Å². The van der Waals surface area contributed by atoms with Crippen molar-refractivity contribution in [2.75, 3.05) is 5.32 Å². The first kappa shape index (κ1) is 22.6. The highest BCUT2D eigenvalue weighted by atomic mass is 35.5. The number of benzene rings is 2. The summed E-state index contributed by atoms with van der Waals surface area (Å²) in [5.74, 6) is -4.19. The van der Waals surface area contributed by atoms with Crippen LogP contribution < -0.4 is 10.6 Å². The zero-order valence-electron chi connectivity index (χ0n) is 18.7. The molecule has 2 fully saturated rings. The third-order valence-corrected chi connectivity index (χ3v) is 7.59. The van der Waals surface area contributed by atoms with Crippen LogP contribution in [-0.2, 0) is 24.7 Å². The second-order valence-electron chi connectivity index (χ2n) is 9.25. The molecule has 3 heterocycles. The van der Waals surface area contributed by atoms with E-state index in [0.29, 0.717) is 16.3 Å². The molecule has 5 rings (SSSR count). The van der Waals surface area contributed by atoms with Gasteiger partial charge in [-0.1, -0.05) is 48.0 Å². The number of halogens is 1. The molecule has 3 amide bonds. The van der Waals surface area contributed by atoms with Gasteiger partial charge >= 0.3 is 5.97 Å². The number of nitrogens with one attached hydrogen (secondary N) is 2. The number of anilines is 1. The topological polar surface area (TPSA) is 116 Å². The van der Waals surface area contributed by atoms with Crippen LogP contribution in [0.5, 0.6) is 0 Å². The molecule has 5 atom stereocenters. The molecule has 9 heteroatoms. The maximum absolute atomic E-state index is 13.9. The van der Waals surface area contributed by atoms with Gasteiger partial charge in [0.05, 0.1) is 28.6 Å². The number of carbonyl (C=O) groups is 4. The molecule has 3 aliphatic rings. The van der Waals surface area contributed by atoms with Crippen molar-refractivity contribution in [3.8, 4) is 0 Å². The first-order chi connectivity index (χ1) is 16.2. The van der Waals surface area contributed by atoms with Gasteiger partial charge in [-0.15, -0.1) is 0 Å². The second kappa shape index (κ2) is 7.92. The number of aliphatic carboxylic acids is 1. The lowest BCUT2D eigenvalue weighted by Crippen LogP contribution is -2.53. The fourth-order valence-electron chi connectivity index (χ4n) is 5.81. The molecule has 0 saturated carbocycles. The standard InChI is InChI=1S/C25H24ClN3O5/c1-12-10-15-21(16(26)11-12)27-24(34)25(15)20-19(17(28-25)8-9-18(30)31)22(32)29(23(20)33)13(2)14-6-4-3-5-7-14/h3-7,10-11,13,17,19-20,28H,8-9H2,1-2H3,(H,27,34)(H,30,31). The summed E-state index contributed by atoms with van der Waals surface area (Å²) < 4.78 is 0. The van der Waals surface area contributed by atoms with E-state index in [-0.39, 0.29) is 12.8 Å². The minimum atomic E-state index is -1.50. The van der Waals surface area contributed by atoms with E-state index in [1.54, 1.807) is 19.1 Å². The van der Waals surface area contributed by atoms with Crippen molar-refractivity contribution in [3.05, 3.63) is 64.2 Å². The van der Waals surface area contributed by atoms with Crippen LogP contribution >= 0.6 is 11.6 Å². The van der Waals surface area contributed by atoms with E-state index in [0.717, 1.165) is 11.1 Å². The SMILES string of the molecule is Cc1cc(Cl)c2c(c1)C1(NC(CCC(=O)O)C3C(=O)N(C(C)c4ccccc4)C(=O)C31)C(=O)N2. The lowest BCUT2D eigenvalue weighted by atomic mass is 9.76. The predicted molar refractivity (Wildman–Crippen MR) is 124 cm³/mol. The van der Waals surface area contributed by atoms with Crippen LogP contribution in [0, 0.1) is 18.8 Å². The summed E-state index contributed by atoms with van der Waals surface area (Å²) in [6, 6.07) is 11.5. The van der Waals surface area contributed by atoms with Gasteiger partial charge in [0.15, 0.2) is 0 Å². The molecule has 1 spiro atoms. The second-order valence-corrected chi connectivity index (χ2v) is 9.66. The molecule has 176 valence electrons. The Labute approximate surface area is 201 Å². The molecule has 0 aliphatic carbocycles. The minimum Gasteiger partial charge on any atom is -0.481 e. The quantitative estimate of drug-likeness (QED) is 0.565. The van der Waals surface area contributed by atoms with Gasteiger partial charge in [0, 0.05) is 18.0 Å². The molecule has 2 aromatic rings. The molecule has 34 heavy (non-hydrogen) atoms. The molecule has 2 saturated heterocycles. The van der Waals surface area contributed by atoms with Crippen LogP contribution in [-0.4, -0.2) is 39.7 Å². The zero-order valence-corrected chi connectivity index (χ0v) is 19.4. The lowest BCUT2D eigenvalue weighted by molar-refractivity contribution is -0.145. The summed E-state index contributed by atoms with van der Waals surface area (Å²) in [7, 11) is 0. The fourth-order valence-corrected chi connectivity index (χ4v) is 6.13. The number of nitrogens with zero attached hydrogens (tertiary/aromatic N) is 1. The third-order valence-electron chi connectivity index (χ3n) is 7.29. The summed E-state index contributed by atoms with van der Waals surface area (Å²) >= 11 is 6.43. The van der Waals surface area contributed by atoms with Gasteiger partial charge in [0.2, 0.25) is 17.7 Å². The molecule has 0 radical (unpaired) electrons. The Hall–Kier alpha value is -3.23. The predicted octanol–water partition coefficient (Wildman–Crippen LogP) is 2.99. The number of carboxylic acid groups (broad SMARTS) is 1. The molecule has 8 nitrogen and oxygen atoms in total. The Morgan fingerprint density at radius 3 is 2.56 bits per heavy atom. The number of rotatable bonds is 5. The first-order valence-corrected chi connectivity index (χ1v) is 11.6. The molecule has 0 bridgehead atoms. The van der Waals surface area contributed by atoms with E-state index in [4.69, 9.17) is 11.6 Å². The molecule has 5 unspecified atom stereocenters. The van der Waals surface area contributed by atoms with Crippen molar-refractivity contribution in [2.45, 2.75) is 44.3 Å². The molecule has 2 aromatic carbocycles. The summed E-state index contributed by atoms with van der Waals surface area (Å²) in [5, 5.41) is 15.7. The molecule has 0 aromatic heterocycles. The van der Waals surface area contributed by atoms with Gasteiger partial charge in [-0.2, -0.15) is 0 Å². The highest BCUT2D eigenvalue weighted by Crippen LogP contribution is 2.55. The van der Waals surface area contributed by atoms with Gasteiger partial charge in [-0.25, -0.2) is 0 Å². The van der Waals surface area contributed by atoms with E-state index in [1.165, 1.54) is 4.90 Å². The molecule has 3 aliphatic heterocycles. The first-order valence-electron chi connectivity index (χ1n) is 11.2. The number of carbonyl (C=O) groups excluding carboxylic acids is 3. The van der Waals surface area contributed by atoms with Crippen LogP contribution in [0.4, 0.5) is 5.69 Å². The van der Waals surface area contributed by atoms with E-state index in [1.807, 2.05) is 37.3 Å². The van der Waals surface area contributed by atoms with Crippen LogP contribution in [0.1, 0.15) is 42.5 Å².